The molecule has 0 saturated carbocycles. The van der Waals surface area contributed by atoms with Crippen LogP contribution in [-0.2, 0) is 20.5 Å². The molecule has 2 aromatic rings. The molecule has 0 unspecified atom stereocenters. The van der Waals surface area contributed by atoms with Gasteiger partial charge in [0, 0.05) is 17.1 Å². The summed E-state index contributed by atoms with van der Waals surface area (Å²) in [5.74, 6) is 0.528. The van der Waals surface area contributed by atoms with E-state index >= 15 is 0 Å². The van der Waals surface area contributed by atoms with E-state index in [1.807, 2.05) is 0 Å². The van der Waals surface area contributed by atoms with Crippen LogP contribution < -0.4 is 5.32 Å². The van der Waals surface area contributed by atoms with Crippen molar-refractivity contribution in [2.45, 2.75) is 20.0 Å². The lowest BCUT2D eigenvalue weighted by Gasteiger charge is -2.14. The molecule has 0 bridgehead atoms. The van der Waals surface area contributed by atoms with Crippen molar-refractivity contribution in [3.05, 3.63) is 57.4 Å². The van der Waals surface area contributed by atoms with E-state index in [-0.39, 0.29) is 17.8 Å². The van der Waals surface area contributed by atoms with Crippen molar-refractivity contribution in [3.8, 4) is 24.1 Å². The van der Waals surface area contributed by atoms with Gasteiger partial charge in [0.05, 0.1) is 17.1 Å². The van der Waals surface area contributed by atoms with Gasteiger partial charge >= 0.3 is 12.1 Å². The molecule has 0 aliphatic heterocycles. The van der Waals surface area contributed by atoms with Gasteiger partial charge in [-0.25, -0.2) is 4.79 Å². The maximum atomic E-state index is 13.2. The quantitative estimate of drug-likeness (QED) is 0.304. The van der Waals surface area contributed by atoms with Gasteiger partial charge in [-0.1, -0.05) is 17.5 Å². The summed E-state index contributed by atoms with van der Waals surface area (Å²) >= 11 is 5.69. The molecule has 2 rings (SSSR count). The van der Waals surface area contributed by atoms with Crippen LogP contribution >= 0.6 is 11.6 Å². The molecule has 1 heterocycles. The number of nitrogens with one attached hydrogen (secondary N) is 1. The van der Waals surface area contributed by atoms with E-state index in [9.17, 15) is 28.0 Å². The summed E-state index contributed by atoms with van der Waals surface area (Å²) in [6.07, 6.45) is 1.61. The van der Waals surface area contributed by atoms with Crippen LogP contribution in [0.15, 0.2) is 29.8 Å². The van der Waals surface area contributed by atoms with Crippen LogP contribution in [0, 0.1) is 37.5 Å². The fraction of sp³-hybridized carbons (Fsp3) is 0.227. The summed E-state index contributed by atoms with van der Waals surface area (Å²) in [6, 6.07) is 6.80. The van der Waals surface area contributed by atoms with Crippen LogP contribution in [0.25, 0.3) is 11.8 Å². The first-order valence-electron chi connectivity index (χ1n) is 9.04. The predicted octanol–water partition coefficient (Wildman–Crippen LogP) is 3.97. The van der Waals surface area contributed by atoms with Gasteiger partial charge < -0.3 is 14.6 Å². The number of hydrogen-bond acceptors (Lipinski definition) is 4. The Bertz CT molecular complexity index is 1170. The van der Waals surface area contributed by atoms with Gasteiger partial charge in [-0.05, 0) is 49.8 Å². The molecule has 0 saturated heterocycles. The van der Waals surface area contributed by atoms with Crippen LogP contribution in [0.3, 0.4) is 0 Å². The number of benzene rings is 1. The lowest BCUT2D eigenvalue weighted by molar-refractivity contribution is -0.144. The SMILES string of the molecule is C#CCNC(=O)COC(=O)/C(C#N)=C/c1cc(C)n(-c2ccc(Cl)c(C(F)(F)F)c2)c1C. The molecule has 6 nitrogen and oxygen atoms in total. The van der Waals surface area contributed by atoms with E-state index in [1.54, 1.807) is 26.0 Å². The molecule has 0 aliphatic rings. The molecule has 0 spiro atoms. The Hall–Kier alpha value is -3.69. The molecular weight excluding hydrogens is 447 g/mol. The first kappa shape index (κ1) is 24.6. The minimum atomic E-state index is -4.63. The average Bonchev–Trinajstić information content (AvgIpc) is 3.01. The zero-order chi connectivity index (χ0) is 24.1. The Balaban J connectivity index is 2.35. The number of carbonyl (C=O) groups excluding carboxylic acids is 2. The summed E-state index contributed by atoms with van der Waals surface area (Å²) in [4.78, 5) is 23.6. The number of amides is 1. The molecule has 0 aliphatic carbocycles. The smallest absolute Gasteiger partial charge is 0.417 e. The maximum absolute atomic E-state index is 13.2. The molecule has 166 valence electrons. The molecule has 0 fully saturated rings. The van der Waals surface area contributed by atoms with Gasteiger partial charge in [0.25, 0.3) is 5.91 Å². The Morgan fingerprint density at radius 1 is 1.31 bits per heavy atom. The van der Waals surface area contributed by atoms with Crippen LogP contribution in [0.1, 0.15) is 22.5 Å². The predicted molar refractivity (Wildman–Crippen MR) is 112 cm³/mol. The molecule has 1 aromatic heterocycles. The highest BCUT2D eigenvalue weighted by molar-refractivity contribution is 6.31. The second kappa shape index (κ2) is 10.1. The van der Waals surface area contributed by atoms with E-state index < -0.39 is 35.2 Å². The van der Waals surface area contributed by atoms with Crippen molar-refractivity contribution in [3.63, 3.8) is 0 Å². The summed E-state index contributed by atoms with van der Waals surface area (Å²) < 4.78 is 46.0. The summed E-state index contributed by atoms with van der Waals surface area (Å²) in [7, 11) is 0. The zero-order valence-electron chi connectivity index (χ0n) is 17.0. The highest BCUT2D eigenvalue weighted by Gasteiger charge is 2.33. The fourth-order valence-electron chi connectivity index (χ4n) is 2.90. The molecule has 1 aromatic carbocycles. The molecular formula is C22H17ClF3N3O3. The standard InChI is InChI=1S/C22H17ClF3N3O3/c1-4-7-28-20(30)12-32-21(31)16(11-27)9-15-8-13(2)29(14(15)3)17-5-6-19(23)18(10-17)22(24,25)26/h1,5-6,8-10H,7,12H2,2-3H3,(H,28,30)/b16-9+. The Labute approximate surface area is 187 Å². The second-order valence-electron chi connectivity index (χ2n) is 6.55. The first-order chi connectivity index (χ1) is 15.0. The number of halogens is 4. The number of aromatic nitrogens is 1. The van der Waals surface area contributed by atoms with Crippen molar-refractivity contribution in [2.75, 3.05) is 13.2 Å². The highest BCUT2D eigenvalue weighted by atomic mass is 35.5. The Morgan fingerprint density at radius 3 is 2.59 bits per heavy atom. The third kappa shape index (κ3) is 5.71. The number of rotatable bonds is 6. The number of carbonyl (C=O) groups is 2. The highest BCUT2D eigenvalue weighted by Crippen LogP contribution is 2.36. The van der Waals surface area contributed by atoms with Gasteiger partial charge in [0.1, 0.15) is 11.6 Å². The fourth-order valence-corrected chi connectivity index (χ4v) is 3.13. The van der Waals surface area contributed by atoms with Crippen LogP contribution in [0.2, 0.25) is 5.02 Å². The zero-order valence-corrected chi connectivity index (χ0v) is 17.8. The summed E-state index contributed by atoms with van der Waals surface area (Å²) in [6.45, 7) is 2.62. The van der Waals surface area contributed by atoms with Crippen molar-refractivity contribution in [1.29, 1.82) is 5.26 Å². The Morgan fingerprint density at radius 2 is 2.00 bits per heavy atom. The molecule has 1 N–H and O–H groups in total. The van der Waals surface area contributed by atoms with Gasteiger partial charge in [0.2, 0.25) is 0 Å². The molecule has 0 atom stereocenters. The lowest BCUT2D eigenvalue weighted by atomic mass is 10.1. The van der Waals surface area contributed by atoms with Crippen molar-refractivity contribution >= 4 is 29.6 Å². The number of nitriles is 1. The van der Waals surface area contributed by atoms with Crippen molar-refractivity contribution in [1.82, 2.24) is 9.88 Å². The molecule has 32 heavy (non-hydrogen) atoms. The second-order valence-corrected chi connectivity index (χ2v) is 6.96. The topological polar surface area (TPSA) is 84.1 Å². The summed E-state index contributed by atoms with van der Waals surface area (Å²) in [5, 5.41) is 11.2. The number of ether oxygens (including phenoxy) is 1. The third-order valence-electron chi connectivity index (χ3n) is 4.35. The van der Waals surface area contributed by atoms with Crippen molar-refractivity contribution < 1.29 is 27.5 Å². The molecule has 1 amide bonds. The monoisotopic (exact) mass is 463 g/mol. The van der Waals surface area contributed by atoms with E-state index in [4.69, 9.17) is 22.8 Å². The molecule has 0 radical (unpaired) electrons. The van der Waals surface area contributed by atoms with E-state index in [2.05, 4.69) is 11.2 Å². The number of alkyl halides is 3. The van der Waals surface area contributed by atoms with Crippen molar-refractivity contribution in [2.24, 2.45) is 0 Å². The average molecular weight is 464 g/mol. The normalized spacial score (nSPS) is 11.4. The molecule has 10 heteroatoms. The van der Waals surface area contributed by atoms with Gasteiger partial charge in [-0.3, -0.25) is 4.79 Å². The maximum Gasteiger partial charge on any atom is 0.417 e. The van der Waals surface area contributed by atoms with E-state index in [1.165, 1.54) is 16.7 Å². The minimum Gasteiger partial charge on any atom is -0.451 e. The number of nitrogens with zero attached hydrogens (tertiary/aromatic N) is 2. The largest absolute Gasteiger partial charge is 0.451 e. The number of aryl methyl sites for hydroxylation is 1. The van der Waals surface area contributed by atoms with Crippen LogP contribution in [0.4, 0.5) is 13.2 Å². The van der Waals surface area contributed by atoms with Crippen LogP contribution in [-0.4, -0.2) is 29.6 Å². The third-order valence-corrected chi connectivity index (χ3v) is 4.68. The van der Waals surface area contributed by atoms with E-state index in [0.29, 0.717) is 17.0 Å². The number of terminal acetylenes is 1. The van der Waals surface area contributed by atoms with Crippen LogP contribution in [0.5, 0.6) is 0 Å². The number of hydrogen-bond donors (Lipinski definition) is 1. The van der Waals surface area contributed by atoms with Gasteiger partial charge in [0.15, 0.2) is 6.61 Å². The summed E-state index contributed by atoms with van der Waals surface area (Å²) in [5.41, 5.74) is 0.292. The lowest BCUT2D eigenvalue weighted by Crippen LogP contribution is -2.29. The Kier molecular flexibility index (Phi) is 7.74. The van der Waals surface area contributed by atoms with Gasteiger partial charge in [-0.15, -0.1) is 6.42 Å². The first-order valence-corrected chi connectivity index (χ1v) is 9.42. The number of esters is 1. The minimum absolute atomic E-state index is 0.0376. The van der Waals surface area contributed by atoms with Gasteiger partial charge in [-0.2, -0.15) is 18.4 Å². The van der Waals surface area contributed by atoms with E-state index in [0.717, 1.165) is 12.1 Å².